The molecule has 0 aromatic carbocycles. The third kappa shape index (κ3) is 11.8. The molecule has 0 amide bonds. The third-order valence-electron chi connectivity index (χ3n) is 5.42. The number of carbonyl (C=O) groups is 3. The molecule has 0 aromatic rings. The monoisotopic (exact) mass is 453 g/mol. The van der Waals surface area contributed by atoms with E-state index in [0.29, 0.717) is 18.4 Å². The van der Waals surface area contributed by atoms with Crippen molar-refractivity contribution in [2.75, 3.05) is 13.2 Å². The fourth-order valence-electron chi connectivity index (χ4n) is 2.75. The van der Waals surface area contributed by atoms with Gasteiger partial charge in [0.15, 0.2) is 0 Å². The molecule has 1 saturated carbocycles. The standard InChI is InChI=1S/C16H26O5.C8H13NO2/c1-5-11(4)16(19)21-14-7-6-12(8-13(14)17)9-20-15(18)10(2)3;1-3-7(2)8(10)11-6-4-5-9/h11-14,17H,2,5-9H2,1,3-4H3;7H,3-4,6H2,1-2H3. The van der Waals surface area contributed by atoms with Gasteiger partial charge in [-0.2, -0.15) is 5.26 Å². The molecule has 0 radical (unpaired) electrons. The molecule has 32 heavy (non-hydrogen) atoms. The zero-order valence-corrected chi connectivity index (χ0v) is 20.1. The van der Waals surface area contributed by atoms with Crippen LogP contribution in [0.4, 0.5) is 0 Å². The maximum absolute atomic E-state index is 11.7. The minimum absolute atomic E-state index is 0.0475. The summed E-state index contributed by atoms with van der Waals surface area (Å²) in [6, 6.07) is 1.90. The molecule has 0 saturated heterocycles. The molecule has 5 atom stereocenters. The van der Waals surface area contributed by atoms with Crippen LogP contribution < -0.4 is 0 Å². The van der Waals surface area contributed by atoms with Gasteiger partial charge in [0.05, 0.1) is 37.0 Å². The molecule has 8 heteroatoms. The van der Waals surface area contributed by atoms with E-state index in [1.807, 2.05) is 33.8 Å². The Bertz CT molecular complexity index is 655. The first kappa shape index (κ1) is 29.6. The van der Waals surface area contributed by atoms with E-state index >= 15 is 0 Å². The molecule has 1 rings (SSSR count). The summed E-state index contributed by atoms with van der Waals surface area (Å²) in [7, 11) is 0. The lowest BCUT2D eigenvalue weighted by molar-refractivity contribution is -0.164. The van der Waals surface area contributed by atoms with Crippen LogP contribution in [0.15, 0.2) is 12.2 Å². The molecule has 1 N–H and O–H groups in total. The van der Waals surface area contributed by atoms with Gasteiger partial charge in [-0.25, -0.2) is 4.79 Å². The highest BCUT2D eigenvalue weighted by molar-refractivity contribution is 5.86. The van der Waals surface area contributed by atoms with E-state index in [1.165, 1.54) is 0 Å². The van der Waals surface area contributed by atoms with Crippen molar-refractivity contribution in [1.82, 2.24) is 0 Å². The van der Waals surface area contributed by atoms with Gasteiger partial charge in [0, 0.05) is 5.57 Å². The summed E-state index contributed by atoms with van der Waals surface area (Å²) in [5.41, 5.74) is 0.367. The van der Waals surface area contributed by atoms with Crippen molar-refractivity contribution in [3.05, 3.63) is 12.2 Å². The molecule has 182 valence electrons. The van der Waals surface area contributed by atoms with Crippen LogP contribution in [0.5, 0.6) is 0 Å². The summed E-state index contributed by atoms with van der Waals surface area (Å²) in [6.07, 6.45) is 2.48. The summed E-state index contributed by atoms with van der Waals surface area (Å²) in [6.45, 7) is 13.1. The summed E-state index contributed by atoms with van der Waals surface area (Å²) in [5, 5.41) is 18.2. The van der Waals surface area contributed by atoms with Gasteiger partial charge >= 0.3 is 17.9 Å². The Hall–Kier alpha value is -2.40. The lowest BCUT2D eigenvalue weighted by Crippen LogP contribution is -2.39. The van der Waals surface area contributed by atoms with Crippen molar-refractivity contribution in [3.63, 3.8) is 0 Å². The van der Waals surface area contributed by atoms with Gasteiger partial charge in [0.2, 0.25) is 0 Å². The number of ether oxygens (including phenoxy) is 3. The fraction of sp³-hybridized carbons (Fsp3) is 0.750. The van der Waals surface area contributed by atoms with Crippen molar-refractivity contribution < 1.29 is 33.7 Å². The van der Waals surface area contributed by atoms with Crippen molar-refractivity contribution in [2.24, 2.45) is 17.8 Å². The van der Waals surface area contributed by atoms with Crippen LogP contribution >= 0.6 is 0 Å². The second-order valence-corrected chi connectivity index (χ2v) is 8.29. The van der Waals surface area contributed by atoms with E-state index < -0.39 is 18.2 Å². The lowest BCUT2D eigenvalue weighted by Gasteiger charge is -2.32. The molecule has 1 aliphatic rings. The van der Waals surface area contributed by atoms with Crippen molar-refractivity contribution in [1.29, 1.82) is 5.26 Å². The average Bonchev–Trinajstić information content (AvgIpc) is 2.78. The first-order valence-corrected chi connectivity index (χ1v) is 11.3. The van der Waals surface area contributed by atoms with E-state index in [0.717, 1.165) is 19.3 Å². The number of nitriles is 1. The fourth-order valence-corrected chi connectivity index (χ4v) is 2.75. The van der Waals surface area contributed by atoms with E-state index in [2.05, 4.69) is 6.58 Å². The number of carbonyl (C=O) groups excluding carboxylic acids is 3. The van der Waals surface area contributed by atoms with Gasteiger partial charge in [-0.05, 0) is 44.9 Å². The highest BCUT2D eigenvalue weighted by Crippen LogP contribution is 2.28. The van der Waals surface area contributed by atoms with Gasteiger partial charge in [0.1, 0.15) is 12.7 Å². The second kappa shape index (κ2) is 16.3. The Morgan fingerprint density at radius 2 is 1.69 bits per heavy atom. The van der Waals surface area contributed by atoms with Crippen LogP contribution in [0.1, 0.15) is 73.1 Å². The molecule has 0 spiro atoms. The quantitative estimate of drug-likeness (QED) is 0.230. The molecular weight excluding hydrogens is 414 g/mol. The molecule has 1 aliphatic carbocycles. The average molecular weight is 454 g/mol. The van der Waals surface area contributed by atoms with Gasteiger partial charge < -0.3 is 19.3 Å². The maximum Gasteiger partial charge on any atom is 0.333 e. The maximum atomic E-state index is 11.7. The van der Waals surface area contributed by atoms with Crippen molar-refractivity contribution in [2.45, 2.75) is 85.4 Å². The first-order valence-electron chi connectivity index (χ1n) is 11.3. The topological polar surface area (TPSA) is 123 Å². The number of hydrogen-bond donors (Lipinski definition) is 1. The van der Waals surface area contributed by atoms with Crippen LogP contribution in [0.25, 0.3) is 0 Å². The first-order chi connectivity index (χ1) is 15.1. The minimum Gasteiger partial charge on any atom is -0.464 e. The summed E-state index contributed by atoms with van der Waals surface area (Å²) in [5.74, 6) is -0.965. The van der Waals surface area contributed by atoms with E-state index in [9.17, 15) is 19.5 Å². The SMILES string of the molecule is C=C(C)C(=O)OCC1CCC(OC(=O)C(C)CC)C(O)C1.CCC(C)C(=O)OCCC#N. The molecule has 1 fully saturated rings. The minimum atomic E-state index is -0.694. The lowest BCUT2D eigenvalue weighted by atomic mass is 9.85. The molecule has 0 aromatic heterocycles. The smallest absolute Gasteiger partial charge is 0.333 e. The zero-order valence-electron chi connectivity index (χ0n) is 20.1. The molecule has 8 nitrogen and oxygen atoms in total. The van der Waals surface area contributed by atoms with Gasteiger partial charge in [-0.1, -0.05) is 34.3 Å². The largest absolute Gasteiger partial charge is 0.464 e. The molecule has 0 bridgehead atoms. The molecule has 5 unspecified atom stereocenters. The third-order valence-corrected chi connectivity index (χ3v) is 5.42. The number of rotatable bonds is 10. The number of aliphatic hydroxyl groups excluding tert-OH is 1. The Morgan fingerprint density at radius 3 is 2.19 bits per heavy atom. The Kier molecular flexibility index (Phi) is 15.0. The summed E-state index contributed by atoms with van der Waals surface area (Å²) in [4.78, 5) is 34.0. The van der Waals surface area contributed by atoms with E-state index in [-0.39, 0.29) is 49.3 Å². The van der Waals surface area contributed by atoms with Crippen molar-refractivity contribution in [3.8, 4) is 6.07 Å². The molecule has 0 heterocycles. The number of aliphatic hydroxyl groups is 1. The Balaban J connectivity index is 0.000000739. The molecule has 0 aliphatic heterocycles. The Labute approximate surface area is 191 Å². The molecular formula is C24H39NO7. The van der Waals surface area contributed by atoms with E-state index in [4.69, 9.17) is 19.5 Å². The number of esters is 3. The van der Waals surface area contributed by atoms with Crippen LogP contribution in [0.2, 0.25) is 0 Å². The van der Waals surface area contributed by atoms with Gasteiger partial charge in [-0.3, -0.25) is 9.59 Å². The Morgan fingerprint density at radius 1 is 1.09 bits per heavy atom. The van der Waals surface area contributed by atoms with Gasteiger partial charge in [0.25, 0.3) is 0 Å². The van der Waals surface area contributed by atoms with Gasteiger partial charge in [-0.15, -0.1) is 0 Å². The highest BCUT2D eigenvalue weighted by Gasteiger charge is 2.33. The normalized spacial score (nSPS) is 21.6. The van der Waals surface area contributed by atoms with Crippen LogP contribution in [0, 0.1) is 29.1 Å². The highest BCUT2D eigenvalue weighted by atomic mass is 16.6. The summed E-state index contributed by atoms with van der Waals surface area (Å²) >= 11 is 0. The zero-order chi connectivity index (χ0) is 24.7. The predicted octanol–water partition coefficient (Wildman–Crippen LogP) is 3.71. The number of hydrogen-bond acceptors (Lipinski definition) is 8. The van der Waals surface area contributed by atoms with Crippen molar-refractivity contribution >= 4 is 17.9 Å². The van der Waals surface area contributed by atoms with Crippen LogP contribution in [0.3, 0.4) is 0 Å². The van der Waals surface area contributed by atoms with Crippen LogP contribution in [-0.2, 0) is 28.6 Å². The predicted molar refractivity (Wildman–Crippen MR) is 119 cm³/mol. The van der Waals surface area contributed by atoms with Crippen LogP contribution in [-0.4, -0.2) is 48.4 Å². The number of nitrogens with zero attached hydrogens (tertiary/aromatic N) is 1. The second-order valence-electron chi connectivity index (χ2n) is 8.29. The van der Waals surface area contributed by atoms with E-state index in [1.54, 1.807) is 6.92 Å². The summed E-state index contributed by atoms with van der Waals surface area (Å²) < 4.78 is 15.2.